The van der Waals surface area contributed by atoms with Crippen LogP contribution in [-0.2, 0) is 28.6 Å². The van der Waals surface area contributed by atoms with Gasteiger partial charge in [0, 0.05) is 19.3 Å². The van der Waals surface area contributed by atoms with Gasteiger partial charge in [-0.05, 0) is 154 Å². The Bertz CT molecular complexity index is 1870. The maximum absolute atomic E-state index is 12.9. The predicted octanol–water partition coefficient (Wildman–Crippen LogP) is 23.0. The van der Waals surface area contributed by atoms with Gasteiger partial charge in [0.15, 0.2) is 6.10 Å². The normalized spacial score (nSPS) is 13.3. The van der Waals surface area contributed by atoms with Crippen LogP contribution in [0.15, 0.2) is 170 Å². The first kappa shape index (κ1) is 76.8. The van der Waals surface area contributed by atoms with Crippen molar-refractivity contribution in [3.05, 3.63) is 170 Å². The molecule has 1 atom stereocenters. The van der Waals surface area contributed by atoms with Crippen LogP contribution in [0.4, 0.5) is 0 Å². The molecule has 1 unspecified atom stereocenters. The molecule has 0 aromatic carbocycles. The summed E-state index contributed by atoms with van der Waals surface area (Å²) >= 11 is 0. The molecule has 0 aliphatic carbocycles. The number of ether oxygens (including phenoxy) is 3. The van der Waals surface area contributed by atoms with Crippen molar-refractivity contribution in [2.24, 2.45) is 0 Å². The fraction of sp³-hybridized carbons (Fsp3) is 0.592. The summed E-state index contributed by atoms with van der Waals surface area (Å²) in [6.07, 6.45) is 101. The summed E-state index contributed by atoms with van der Waals surface area (Å²) in [5, 5.41) is 0. The molecule has 0 aromatic heterocycles. The number of allylic oxidation sites excluding steroid dienone is 28. The average molecular weight is 1130 g/mol. The second kappa shape index (κ2) is 68.3. The molecular formula is C76H120O6. The van der Waals surface area contributed by atoms with Crippen LogP contribution in [0, 0.1) is 0 Å². The third kappa shape index (κ3) is 65.6. The lowest BCUT2D eigenvalue weighted by atomic mass is 10.1. The van der Waals surface area contributed by atoms with Gasteiger partial charge in [-0.1, -0.05) is 268 Å². The van der Waals surface area contributed by atoms with Gasteiger partial charge >= 0.3 is 17.9 Å². The number of hydrogen-bond acceptors (Lipinski definition) is 6. The van der Waals surface area contributed by atoms with E-state index in [1.165, 1.54) is 64.2 Å². The van der Waals surface area contributed by atoms with E-state index in [9.17, 15) is 14.4 Å². The molecule has 0 fully saturated rings. The smallest absolute Gasteiger partial charge is 0.306 e. The molecule has 0 rings (SSSR count). The van der Waals surface area contributed by atoms with Crippen molar-refractivity contribution in [2.75, 3.05) is 13.2 Å². The van der Waals surface area contributed by atoms with Crippen LogP contribution < -0.4 is 0 Å². The average Bonchev–Trinajstić information content (AvgIpc) is 3.47. The molecule has 0 aliphatic heterocycles. The minimum absolute atomic E-state index is 0.106. The molecule has 0 saturated heterocycles. The van der Waals surface area contributed by atoms with Gasteiger partial charge in [0.05, 0.1) is 0 Å². The van der Waals surface area contributed by atoms with Crippen molar-refractivity contribution in [3.8, 4) is 0 Å². The number of rotatable bonds is 58. The van der Waals surface area contributed by atoms with Crippen molar-refractivity contribution in [1.29, 1.82) is 0 Å². The van der Waals surface area contributed by atoms with Crippen LogP contribution in [0.2, 0.25) is 0 Å². The molecule has 0 aromatic rings. The highest BCUT2D eigenvalue weighted by atomic mass is 16.6. The summed E-state index contributed by atoms with van der Waals surface area (Å²) in [4.78, 5) is 38.3. The molecule has 460 valence electrons. The zero-order chi connectivity index (χ0) is 59.2. The van der Waals surface area contributed by atoms with Crippen LogP contribution in [0.25, 0.3) is 0 Å². The van der Waals surface area contributed by atoms with Crippen molar-refractivity contribution >= 4 is 17.9 Å². The lowest BCUT2D eigenvalue weighted by Crippen LogP contribution is -2.30. The molecule has 0 amide bonds. The molecule has 6 nitrogen and oxygen atoms in total. The molecule has 0 radical (unpaired) electrons. The fourth-order valence-electron chi connectivity index (χ4n) is 8.54. The number of hydrogen-bond donors (Lipinski definition) is 0. The van der Waals surface area contributed by atoms with Crippen LogP contribution in [0.3, 0.4) is 0 Å². The van der Waals surface area contributed by atoms with Gasteiger partial charge in [-0.3, -0.25) is 14.4 Å². The molecule has 0 aliphatic rings. The second-order valence-corrected chi connectivity index (χ2v) is 21.3. The van der Waals surface area contributed by atoms with Crippen LogP contribution in [0.1, 0.15) is 271 Å². The molecule has 0 heterocycles. The first-order valence-electron chi connectivity index (χ1n) is 33.1. The summed E-state index contributed by atoms with van der Waals surface area (Å²) in [5.74, 6) is -0.960. The molecule has 82 heavy (non-hydrogen) atoms. The Hall–Kier alpha value is -5.23. The fourth-order valence-corrected chi connectivity index (χ4v) is 8.54. The Morgan fingerprint density at radius 1 is 0.256 bits per heavy atom. The van der Waals surface area contributed by atoms with Crippen LogP contribution >= 0.6 is 0 Å². The summed E-state index contributed by atoms with van der Waals surface area (Å²) < 4.78 is 16.9. The van der Waals surface area contributed by atoms with Gasteiger partial charge in [-0.25, -0.2) is 0 Å². The predicted molar refractivity (Wildman–Crippen MR) is 357 cm³/mol. The van der Waals surface area contributed by atoms with E-state index in [1.807, 2.05) is 0 Å². The summed E-state index contributed by atoms with van der Waals surface area (Å²) in [7, 11) is 0. The highest BCUT2D eigenvalue weighted by Gasteiger charge is 2.19. The van der Waals surface area contributed by atoms with Crippen molar-refractivity contribution in [2.45, 2.75) is 277 Å². The quantitative estimate of drug-likeness (QED) is 0.0261. The number of carbonyl (C=O) groups excluding carboxylic acids is 3. The third-order valence-electron chi connectivity index (χ3n) is 13.4. The van der Waals surface area contributed by atoms with E-state index in [0.717, 1.165) is 161 Å². The largest absolute Gasteiger partial charge is 0.462 e. The first-order valence-corrected chi connectivity index (χ1v) is 33.1. The van der Waals surface area contributed by atoms with E-state index in [-0.39, 0.29) is 37.5 Å². The van der Waals surface area contributed by atoms with Gasteiger partial charge in [0.1, 0.15) is 13.2 Å². The number of carbonyl (C=O) groups is 3. The van der Waals surface area contributed by atoms with Gasteiger partial charge in [0.2, 0.25) is 0 Å². The highest BCUT2D eigenvalue weighted by Crippen LogP contribution is 2.14. The SMILES string of the molecule is CC/C=C\C/C=C\C/C=C\C/C=C\C/C=C\C/C=C\C/C=C\CCCCCC(=O)OC(COC(=O)CCCCCCC/C=C\CCCCC)COC(=O)CCCCCCCCCC/C=C\C/C=C\C/C=C\C/C=C\C/C=C\C/C=C\CC. The Kier molecular flexibility index (Phi) is 63.9. The van der Waals surface area contributed by atoms with Gasteiger partial charge in [-0.15, -0.1) is 0 Å². The maximum atomic E-state index is 12.9. The van der Waals surface area contributed by atoms with Crippen LogP contribution in [-0.4, -0.2) is 37.2 Å². The molecule has 0 bridgehead atoms. The Morgan fingerprint density at radius 2 is 0.476 bits per heavy atom. The molecule has 0 N–H and O–H groups in total. The van der Waals surface area contributed by atoms with E-state index in [1.54, 1.807) is 0 Å². The van der Waals surface area contributed by atoms with Crippen molar-refractivity contribution in [1.82, 2.24) is 0 Å². The van der Waals surface area contributed by atoms with Gasteiger partial charge < -0.3 is 14.2 Å². The van der Waals surface area contributed by atoms with E-state index in [0.29, 0.717) is 19.3 Å². The topological polar surface area (TPSA) is 78.9 Å². The molecule has 0 spiro atoms. The zero-order valence-corrected chi connectivity index (χ0v) is 52.7. The van der Waals surface area contributed by atoms with Gasteiger partial charge in [0.25, 0.3) is 0 Å². The molecular weight excluding hydrogens is 1010 g/mol. The molecule has 0 saturated carbocycles. The van der Waals surface area contributed by atoms with E-state index >= 15 is 0 Å². The summed E-state index contributed by atoms with van der Waals surface area (Å²) in [6, 6.07) is 0. The van der Waals surface area contributed by atoms with Crippen molar-refractivity contribution in [3.63, 3.8) is 0 Å². The highest BCUT2D eigenvalue weighted by molar-refractivity contribution is 5.71. The standard InChI is InChI=1S/C76H120O6/c1-4-7-10-13-16-19-22-25-27-29-31-33-35-37-38-40-41-43-45-47-49-51-54-57-60-63-66-69-75(78)81-72-73(71-80-74(77)68-65-62-59-56-53-24-21-18-15-12-9-6-3)82-76(79)70-67-64-61-58-55-52-50-48-46-44-42-39-36-34-32-30-28-26-23-20-17-14-11-8-5-2/h7-8,10-11,16-21,25-28,31-34,37-39,41-43,46,48,52,55,73H,4-6,9,12-15,22-24,29-30,35-36,40,44-45,47,49-51,53-54,56-72H2,1-3H3/b10-7-,11-8-,19-16-,20-17-,21-18-,27-25-,28-26-,33-31-,34-32-,38-37-,42-39-,43-41-,48-46-,55-52-. The summed E-state index contributed by atoms with van der Waals surface area (Å²) in [6.45, 7) is 6.34. The minimum Gasteiger partial charge on any atom is -0.462 e. The van der Waals surface area contributed by atoms with E-state index in [4.69, 9.17) is 14.2 Å². The Labute approximate surface area is 504 Å². The monoisotopic (exact) mass is 1130 g/mol. The van der Waals surface area contributed by atoms with E-state index in [2.05, 4.69) is 191 Å². The first-order chi connectivity index (χ1) is 40.5. The van der Waals surface area contributed by atoms with Gasteiger partial charge in [-0.2, -0.15) is 0 Å². The van der Waals surface area contributed by atoms with Crippen LogP contribution in [0.5, 0.6) is 0 Å². The Morgan fingerprint density at radius 3 is 0.768 bits per heavy atom. The lowest BCUT2D eigenvalue weighted by molar-refractivity contribution is -0.167. The second-order valence-electron chi connectivity index (χ2n) is 21.3. The maximum Gasteiger partial charge on any atom is 0.306 e. The molecule has 6 heteroatoms. The Balaban J connectivity index is 4.43. The zero-order valence-electron chi connectivity index (χ0n) is 52.7. The van der Waals surface area contributed by atoms with Crippen molar-refractivity contribution < 1.29 is 28.6 Å². The third-order valence-corrected chi connectivity index (χ3v) is 13.4. The number of unbranched alkanes of at least 4 members (excludes halogenated alkanes) is 19. The summed E-state index contributed by atoms with van der Waals surface area (Å²) in [5.41, 5.74) is 0. The van der Waals surface area contributed by atoms with E-state index < -0.39 is 6.10 Å². The minimum atomic E-state index is -0.813. The number of esters is 3. The lowest BCUT2D eigenvalue weighted by Gasteiger charge is -2.18.